The van der Waals surface area contributed by atoms with Gasteiger partial charge in [0.15, 0.2) is 5.69 Å². The highest BCUT2D eigenvalue weighted by molar-refractivity contribution is 5.88. The molecular formula is C15H12N4O2. The van der Waals surface area contributed by atoms with Gasteiger partial charge in [-0.15, -0.1) is 0 Å². The molecule has 0 N–H and O–H groups in total. The van der Waals surface area contributed by atoms with E-state index in [1.807, 2.05) is 18.2 Å². The lowest BCUT2D eigenvalue weighted by atomic mass is 10.2. The molecule has 6 heteroatoms. The lowest BCUT2D eigenvalue weighted by Crippen LogP contribution is -2.04. The molecule has 0 aliphatic heterocycles. The minimum absolute atomic E-state index is 0.231. The van der Waals surface area contributed by atoms with E-state index in [0.717, 1.165) is 11.4 Å². The number of carbonyl (C=O) groups is 1. The summed E-state index contributed by atoms with van der Waals surface area (Å²) < 4.78 is 6.38. The Bertz CT molecular complexity index is 697. The molecule has 0 unspecified atom stereocenters. The Kier molecular flexibility index (Phi) is 3.42. The van der Waals surface area contributed by atoms with Crippen molar-refractivity contribution in [1.29, 1.82) is 0 Å². The van der Waals surface area contributed by atoms with Crippen LogP contribution in [0.4, 0.5) is 0 Å². The van der Waals surface area contributed by atoms with Crippen molar-refractivity contribution in [2.45, 2.75) is 0 Å². The molecule has 0 aliphatic rings. The van der Waals surface area contributed by atoms with Gasteiger partial charge in [0, 0.05) is 24.7 Å². The Morgan fingerprint density at radius 2 is 1.95 bits per heavy atom. The molecule has 0 radical (unpaired) electrons. The standard InChI is InChI=1S/C15H12N4O2/c1-21-15(20)13-10-14(12-4-2-3-7-17-12)19(18-13)11-5-8-16-9-6-11/h2-10H,1H3. The van der Waals surface area contributed by atoms with Crippen molar-refractivity contribution in [3.63, 3.8) is 0 Å². The first-order chi connectivity index (χ1) is 10.3. The average Bonchev–Trinajstić information content (AvgIpc) is 3.01. The van der Waals surface area contributed by atoms with Gasteiger partial charge in [0.05, 0.1) is 24.2 Å². The number of methoxy groups -OCH3 is 1. The Morgan fingerprint density at radius 1 is 1.14 bits per heavy atom. The van der Waals surface area contributed by atoms with Crippen LogP contribution in [0.1, 0.15) is 10.5 Å². The highest BCUT2D eigenvalue weighted by Gasteiger charge is 2.17. The van der Waals surface area contributed by atoms with E-state index in [1.165, 1.54) is 7.11 Å². The number of pyridine rings is 2. The van der Waals surface area contributed by atoms with E-state index >= 15 is 0 Å². The number of rotatable bonds is 3. The molecule has 3 rings (SSSR count). The Balaban J connectivity index is 2.18. The summed E-state index contributed by atoms with van der Waals surface area (Å²) >= 11 is 0. The second-order valence-corrected chi connectivity index (χ2v) is 4.24. The maximum absolute atomic E-state index is 11.7. The summed E-state index contributed by atoms with van der Waals surface area (Å²) in [5.41, 5.74) is 2.45. The van der Waals surface area contributed by atoms with Gasteiger partial charge >= 0.3 is 5.97 Å². The van der Waals surface area contributed by atoms with E-state index in [0.29, 0.717) is 5.69 Å². The van der Waals surface area contributed by atoms with Crippen LogP contribution in [-0.2, 0) is 4.74 Å². The number of aromatic nitrogens is 4. The smallest absolute Gasteiger partial charge is 0.358 e. The van der Waals surface area contributed by atoms with Crippen LogP contribution in [0.3, 0.4) is 0 Å². The SMILES string of the molecule is COC(=O)c1cc(-c2ccccn2)n(-c2ccncc2)n1. The summed E-state index contributed by atoms with van der Waals surface area (Å²) in [6, 6.07) is 10.8. The third-order valence-electron chi connectivity index (χ3n) is 2.94. The quantitative estimate of drug-likeness (QED) is 0.687. The van der Waals surface area contributed by atoms with Crippen molar-refractivity contribution < 1.29 is 9.53 Å². The molecule has 3 aromatic rings. The van der Waals surface area contributed by atoms with Crippen LogP contribution >= 0.6 is 0 Å². The molecule has 0 fully saturated rings. The topological polar surface area (TPSA) is 69.9 Å². The molecule has 0 aliphatic carbocycles. The molecule has 0 aromatic carbocycles. The largest absolute Gasteiger partial charge is 0.464 e. The summed E-state index contributed by atoms with van der Waals surface area (Å²) in [7, 11) is 1.33. The van der Waals surface area contributed by atoms with Gasteiger partial charge in [-0.05, 0) is 24.3 Å². The fourth-order valence-corrected chi connectivity index (χ4v) is 1.96. The second-order valence-electron chi connectivity index (χ2n) is 4.24. The zero-order valence-electron chi connectivity index (χ0n) is 11.3. The minimum Gasteiger partial charge on any atom is -0.464 e. The van der Waals surface area contributed by atoms with Crippen LogP contribution in [0.5, 0.6) is 0 Å². The molecule has 3 aromatic heterocycles. The summed E-state index contributed by atoms with van der Waals surface area (Å²) in [6.45, 7) is 0. The van der Waals surface area contributed by atoms with Crippen LogP contribution in [-0.4, -0.2) is 32.8 Å². The maximum atomic E-state index is 11.7. The van der Waals surface area contributed by atoms with Crippen molar-refractivity contribution >= 4 is 5.97 Å². The molecule has 6 nitrogen and oxygen atoms in total. The van der Waals surface area contributed by atoms with Gasteiger partial charge in [0.1, 0.15) is 0 Å². The summed E-state index contributed by atoms with van der Waals surface area (Å²) in [5, 5.41) is 4.30. The van der Waals surface area contributed by atoms with Gasteiger partial charge in [0.2, 0.25) is 0 Å². The van der Waals surface area contributed by atoms with E-state index < -0.39 is 5.97 Å². The summed E-state index contributed by atoms with van der Waals surface area (Å²) in [6.07, 6.45) is 5.02. The van der Waals surface area contributed by atoms with Crippen molar-refractivity contribution in [3.05, 3.63) is 60.7 Å². The van der Waals surface area contributed by atoms with Crippen LogP contribution < -0.4 is 0 Å². The molecule has 0 atom stereocenters. The van der Waals surface area contributed by atoms with Gasteiger partial charge in [-0.3, -0.25) is 9.97 Å². The van der Waals surface area contributed by atoms with Crippen LogP contribution in [0.25, 0.3) is 17.1 Å². The average molecular weight is 280 g/mol. The Hall–Kier alpha value is -3.02. The predicted octanol–water partition coefficient (Wildman–Crippen LogP) is 2.12. The molecule has 0 spiro atoms. The zero-order valence-corrected chi connectivity index (χ0v) is 11.3. The first-order valence-electron chi connectivity index (χ1n) is 6.30. The van der Waals surface area contributed by atoms with E-state index in [1.54, 1.807) is 41.5 Å². The maximum Gasteiger partial charge on any atom is 0.358 e. The van der Waals surface area contributed by atoms with E-state index in [9.17, 15) is 4.79 Å². The molecule has 3 heterocycles. The first-order valence-corrected chi connectivity index (χ1v) is 6.30. The normalized spacial score (nSPS) is 10.3. The fourth-order valence-electron chi connectivity index (χ4n) is 1.96. The van der Waals surface area contributed by atoms with Crippen molar-refractivity contribution in [1.82, 2.24) is 19.7 Å². The van der Waals surface area contributed by atoms with Gasteiger partial charge in [0.25, 0.3) is 0 Å². The molecule has 0 saturated heterocycles. The third kappa shape index (κ3) is 2.51. The molecule has 0 amide bonds. The van der Waals surface area contributed by atoms with E-state index in [2.05, 4.69) is 15.1 Å². The minimum atomic E-state index is -0.486. The van der Waals surface area contributed by atoms with Crippen molar-refractivity contribution in [3.8, 4) is 17.1 Å². The molecule has 104 valence electrons. The number of carbonyl (C=O) groups excluding carboxylic acids is 1. The third-order valence-corrected chi connectivity index (χ3v) is 2.94. The first kappa shape index (κ1) is 13.0. The number of nitrogens with zero attached hydrogens (tertiary/aromatic N) is 4. The van der Waals surface area contributed by atoms with Gasteiger partial charge in [-0.25, -0.2) is 9.48 Å². The number of esters is 1. The molecular weight excluding hydrogens is 268 g/mol. The Labute approximate surface area is 121 Å². The zero-order chi connectivity index (χ0) is 14.7. The van der Waals surface area contributed by atoms with E-state index in [4.69, 9.17) is 4.74 Å². The van der Waals surface area contributed by atoms with Gasteiger partial charge in [-0.2, -0.15) is 5.10 Å². The lowest BCUT2D eigenvalue weighted by Gasteiger charge is -2.05. The van der Waals surface area contributed by atoms with E-state index in [-0.39, 0.29) is 5.69 Å². The number of hydrogen-bond acceptors (Lipinski definition) is 5. The summed E-state index contributed by atoms with van der Waals surface area (Å²) in [5.74, 6) is -0.486. The fraction of sp³-hybridized carbons (Fsp3) is 0.0667. The van der Waals surface area contributed by atoms with Crippen LogP contribution in [0.15, 0.2) is 55.0 Å². The van der Waals surface area contributed by atoms with Gasteiger partial charge in [-0.1, -0.05) is 6.07 Å². The van der Waals surface area contributed by atoms with Crippen molar-refractivity contribution in [2.24, 2.45) is 0 Å². The molecule has 21 heavy (non-hydrogen) atoms. The van der Waals surface area contributed by atoms with Crippen LogP contribution in [0.2, 0.25) is 0 Å². The van der Waals surface area contributed by atoms with Crippen molar-refractivity contribution in [2.75, 3.05) is 7.11 Å². The predicted molar refractivity (Wildman–Crippen MR) is 75.9 cm³/mol. The highest BCUT2D eigenvalue weighted by atomic mass is 16.5. The highest BCUT2D eigenvalue weighted by Crippen LogP contribution is 2.22. The lowest BCUT2D eigenvalue weighted by molar-refractivity contribution is 0.0593. The number of ether oxygens (including phenoxy) is 1. The summed E-state index contributed by atoms with van der Waals surface area (Å²) in [4.78, 5) is 20.0. The molecule has 0 bridgehead atoms. The monoisotopic (exact) mass is 280 g/mol. The van der Waals surface area contributed by atoms with Crippen LogP contribution in [0, 0.1) is 0 Å². The second kappa shape index (κ2) is 5.54. The molecule has 0 saturated carbocycles. The Morgan fingerprint density at radius 3 is 2.62 bits per heavy atom. The van der Waals surface area contributed by atoms with Gasteiger partial charge < -0.3 is 4.74 Å². The number of hydrogen-bond donors (Lipinski definition) is 0.